The van der Waals surface area contributed by atoms with Gasteiger partial charge in [0.2, 0.25) is 0 Å². The van der Waals surface area contributed by atoms with Crippen molar-refractivity contribution in [2.45, 2.75) is 19.5 Å². The minimum Gasteiger partial charge on any atom is -0.365 e. The molecule has 0 aromatic carbocycles. The van der Waals surface area contributed by atoms with E-state index in [-0.39, 0.29) is 0 Å². The first-order valence-corrected chi connectivity index (χ1v) is 8.08. The molecule has 9 heteroatoms. The quantitative estimate of drug-likeness (QED) is 0.568. The van der Waals surface area contributed by atoms with E-state index >= 15 is 0 Å². The predicted molar refractivity (Wildman–Crippen MR) is 94.2 cm³/mol. The Hall–Kier alpha value is -3.80. The first-order chi connectivity index (χ1) is 12.9. The Balaban J connectivity index is 1.60. The summed E-state index contributed by atoms with van der Waals surface area (Å²) in [6.45, 7) is 1.03. The average molecular weight is 345 g/mol. The van der Waals surface area contributed by atoms with Crippen LogP contribution in [0.3, 0.4) is 0 Å². The Kier molecular flexibility index (Phi) is 4.22. The zero-order valence-electron chi connectivity index (χ0n) is 13.8. The van der Waals surface area contributed by atoms with Gasteiger partial charge in [0.05, 0.1) is 30.6 Å². The highest BCUT2D eigenvalue weighted by molar-refractivity contribution is 5.86. The van der Waals surface area contributed by atoms with E-state index in [2.05, 4.69) is 36.5 Å². The summed E-state index contributed by atoms with van der Waals surface area (Å²) in [4.78, 5) is 13.0. The molecule has 0 amide bonds. The summed E-state index contributed by atoms with van der Waals surface area (Å²) in [6, 6.07) is 7.85. The Labute approximate surface area is 149 Å². The van der Waals surface area contributed by atoms with Gasteiger partial charge in [-0.1, -0.05) is 6.07 Å². The van der Waals surface area contributed by atoms with Gasteiger partial charge in [0.25, 0.3) is 0 Å². The molecule has 1 N–H and O–H groups in total. The SMILES string of the molecule is N#CCCn1ncc2c(NCc3cccnc3-n3cccn3)ncnc21. The highest BCUT2D eigenvalue weighted by Gasteiger charge is 2.11. The van der Waals surface area contributed by atoms with Gasteiger partial charge in [0.15, 0.2) is 11.5 Å². The number of rotatable bonds is 6. The second kappa shape index (κ2) is 6.98. The fourth-order valence-electron chi connectivity index (χ4n) is 2.70. The van der Waals surface area contributed by atoms with Crippen LogP contribution in [0.5, 0.6) is 0 Å². The maximum Gasteiger partial charge on any atom is 0.163 e. The molecule has 128 valence electrons. The molecule has 0 atom stereocenters. The van der Waals surface area contributed by atoms with Crippen molar-refractivity contribution in [3.05, 3.63) is 54.9 Å². The maximum atomic E-state index is 8.76. The van der Waals surface area contributed by atoms with Gasteiger partial charge >= 0.3 is 0 Å². The van der Waals surface area contributed by atoms with Crippen LogP contribution in [-0.4, -0.2) is 34.5 Å². The number of nitrogens with one attached hydrogen (secondary N) is 1. The largest absolute Gasteiger partial charge is 0.365 e. The van der Waals surface area contributed by atoms with Crippen LogP contribution in [0.4, 0.5) is 5.82 Å². The fraction of sp³-hybridized carbons (Fsp3) is 0.176. The van der Waals surface area contributed by atoms with Crippen molar-refractivity contribution in [3.63, 3.8) is 0 Å². The molecule has 4 rings (SSSR count). The van der Waals surface area contributed by atoms with Gasteiger partial charge in [-0.05, 0) is 12.1 Å². The van der Waals surface area contributed by atoms with Gasteiger partial charge in [-0.3, -0.25) is 0 Å². The van der Waals surface area contributed by atoms with Gasteiger partial charge < -0.3 is 5.32 Å². The minimum absolute atomic E-state index is 0.381. The molecule has 0 aliphatic carbocycles. The lowest BCUT2D eigenvalue weighted by Gasteiger charge is -2.10. The van der Waals surface area contributed by atoms with E-state index in [1.54, 1.807) is 28.0 Å². The van der Waals surface area contributed by atoms with E-state index in [1.165, 1.54) is 6.33 Å². The van der Waals surface area contributed by atoms with Crippen LogP contribution in [0.1, 0.15) is 12.0 Å². The van der Waals surface area contributed by atoms with Crippen LogP contribution >= 0.6 is 0 Å². The van der Waals surface area contributed by atoms with Crippen molar-refractivity contribution in [1.82, 2.24) is 34.5 Å². The number of fused-ring (bicyclic) bond motifs is 1. The van der Waals surface area contributed by atoms with E-state index in [4.69, 9.17) is 5.26 Å². The van der Waals surface area contributed by atoms with Gasteiger partial charge in [0.1, 0.15) is 12.1 Å². The number of anilines is 1. The normalized spacial score (nSPS) is 10.7. The smallest absolute Gasteiger partial charge is 0.163 e. The summed E-state index contributed by atoms with van der Waals surface area (Å²) in [5, 5.41) is 21.4. The van der Waals surface area contributed by atoms with Crippen molar-refractivity contribution in [3.8, 4) is 11.9 Å². The molecule has 0 spiro atoms. The van der Waals surface area contributed by atoms with E-state index < -0.39 is 0 Å². The lowest BCUT2D eigenvalue weighted by Crippen LogP contribution is -2.08. The Bertz CT molecular complexity index is 1060. The fourth-order valence-corrected chi connectivity index (χ4v) is 2.70. The Morgan fingerprint density at radius 2 is 2.08 bits per heavy atom. The molecule has 0 aliphatic rings. The summed E-state index contributed by atoms with van der Waals surface area (Å²) in [6.07, 6.45) is 8.90. The van der Waals surface area contributed by atoms with Crippen molar-refractivity contribution in [2.75, 3.05) is 5.32 Å². The molecule has 0 bridgehead atoms. The van der Waals surface area contributed by atoms with Crippen LogP contribution in [0.15, 0.2) is 49.3 Å². The molecule has 0 aliphatic heterocycles. The first kappa shape index (κ1) is 15.7. The molecule has 26 heavy (non-hydrogen) atoms. The number of pyridine rings is 1. The molecule has 4 heterocycles. The lowest BCUT2D eigenvalue weighted by molar-refractivity contribution is 0.643. The number of aryl methyl sites for hydroxylation is 1. The third-order valence-corrected chi connectivity index (χ3v) is 3.90. The van der Waals surface area contributed by atoms with Crippen molar-refractivity contribution in [2.24, 2.45) is 0 Å². The summed E-state index contributed by atoms with van der Waals surface area (Å²) in [7, 11) is 0. The van der Waals surface area contributed by atoms with E-state index in [0.29, 0.717) is 31.0 Å². The van der Waals surface area contributed by atoms with Crippen molar-refractivity contribution in [1.29, 1.82) is 5.26 Å². The second-order valence-electron chi connectivity index (χ2n) is 5.53. The molecular formula is C17H15N9. The average Bonchev–Trinajstić information content (AvgIpc) is 3.35. The predicted octanol–water partition coefficient (Wildman–Crippen LogP) is 1.93. The number of hydrogen-bond donors (Lipinski definition) is 1. The van der Waals surface area contributed by atoms with E-state index in [1.807, 2.05) is 24.4 Å². The molecule has 0 unspecified atom stereocenters. The zero-order valence-corrected chi connectivity index (χ0v) is 13.8. The van der Waals surface area contributed by atoms with Crippen molar-refractivity contribution < 1.29 is 0 Å². The highest BCUT2D eigenvalue weighted by Crippen LogP contribution is 2.20. The summed E-state index contributed by atoms with van der Waals surface area (Å²) in [5.74, 6) is 1.45. The lowest BCUT2D eigenvalue weighted by atomic mass is 10.2. The topological polar surface area (TPSA) is 110 Å². The highest BCUT2D eigenvalue weighted by atomic mass is 15.3. The Morgan fingerprint density at radius 1 is 1.12 bits per heavy atom. The zero-order chi connectivity index (χ0) is 17.8. The molecule has 9 nitrogen and oxygen atoms in total. The molecule has 4 aromatic heterocycles. The summed E-state index contributed by atoms with van der Waals surface area (Å²) >= 11 is 0. The molecule has 0 radical (unpaired) electrons. The number of hydrogen-bond acceptors (Lipinski definition) is 7. The monoisotopic (exact) mass is 345 g/mol. The second-order valence-corrected chi connectivity index (χ2v) is 5.53. The standard InChI is InChI=1S/C17H15N9/c18-5-2-8-26-17-14(11-24-26)15(21-12-22-17)20-10-13-4-1-6-19-16(13)25-9-3-7-23-25/h1,3-4,6-7,9,11-12H,2,8,10H2,(H,20,21,22). The van der Waals surface area contributed by atoms with Crippen LogP contribution in [0, 0.1) is 11.3 Å². The molecule has 4 aromatic rings. The van der Waals surface area contributed by atoms with Gasteiger partial charge in [-0.25, -0.2) is 24.3 Å². The Morgan fingerprint density at radius 3 is 2.92 bits per heavy atom. The number of aromatic nitrogens is 7. The molecule has 0 fully saturated rings. The van der Waals surface area contributed by atoms with Crippen LogP contribution in [0.2, 0.25) is 0 Å². The van der Waals surface area contributed by atoms with Gasteiger partial charge in [0, 0.05) is 30.7 Å². The number of nitriles is 1. The third kappa shape index (κ3) is 2.95. The van der Waals surface area contributed by atoms with Crippen LogP contribution < -0.4 is 5.32 Å². The maximum absolute atomic E-state index is 8.76. The molecule has 0 saturated heterocycles. The summed E-state index contributed by atoms with van der Waals surface area (Å²) < 4.78 is 3.44. The molecular weight excluding hydrogens is 330 g/mol. The van der Waals surface area contributed by atoms with Gasteiger partial charge in [-0.15, -0.1) is 0 Å². The van der Waals surface area contributed by atoms with Crippen LogP contribution in [0.25, 0.3) is 16.9 Å². The minimum atomic E-state index is 0.381. The first-order valence-electron chi connectivity index (χ1n) is 8.08. The molecule has 0 saturated carbocycles. The third-order valence-electron chi connectivity index (χ3n) is 3.90. The van der Waals surface area contributed by atoms with E-state index in [0.717, 1.165) is 16.8 Å². The van der Waals surface area contributed by atoms with Crippen LogP contribution in [-0.2, 0) is 13.1 Å². The van der Waals surface area contributed by atoms with Gasteiger partial charge in [-0.2, -0.15) is 15.5 Å². The van der Waals surface area contributed by atoms with Crippen molar-refractivity contribution >= 4 is 16.9 Å². The number of nitrogens with zero attached hydrogens (tertiary/aromatic N) is 8. The summed E-state index contributed by atoms with van der Waals surface area (Å²) in [5.41, 5.74) is 1.69. The van der Waals surface area contributed by atoms with E-state index in [9.17, 15) is 0 Å².